The average Bonchev–Trinajstić information content (AvgIpc) is 3.01. The molecule has 9 heteroatoms. The van der Waals surface area contributed by atoms with Crippen LogP contribution in [0.5, 0.6) is 11.5 Å². The molecule has 30 heavy (non-hydrogen) atoms. The lowest BCUT2D eigenvalue weighted by atomic mass is 10.2. The molecule has 1 heterocycles. The predicted molar refractivity (Wildman–Crippen MR) is 120 cm³/mol. The minimum Gasteiger partial charge on any atom is -0.493 e. The minimum absolute atomic E-state index is 0.157. The van der Waals surface area contributed by atoms with E-state index in [4.69, 9.17) is 14.2 Å². The number of hydrogen-bond acceptors (Lipinski definition) is 7. The van der Waals surface area contributed by atoms with Crippen molar-refractivity contribution in [2.75, 3.05) is 28.4 Å². The molecule has 0 N–H and O–H groups in total. The number of esters is 1. The Kier molecular flexibility index (Phi) is 6.84. The fourth-order valence-corrected chi connectivity index (χ4v) is 4.33. The van der Waals surface area contributed by atoms with Crippen LogP contribution in [-0.2, 0) is 9.53 Å². The first-order valence-corrected chi connectivity index (χ1v) is 10.3. The van der Waals surface area contributed by atoms with Crippen LogP contribution < -0.4 is 9.47 Å². The van der Waals surface area contributed by atoms with Crippen molar-refractivity contribution in [2.24, 2.45) is 4.99 Å². The Balaban J connectivity index is 1.88. The molecule has 0 unspecified atom stereocenters. The smallest absolute Gasteiger partial charge is 0.337 e. The van der Waals surface area contributed by atoms with Crippen molar-refractivity contribution in [1.29, 1.82) is 0 Å². The third-order valence-electron chi connectivity index (χ3n) is 4.27. The summed E-state index contributed by atoms with van der Waals surface area (Å²) in [5, 5.41) is 0.539. The first-order valence-electron chi connectivity index (χ1n) is 8.74. The number of hydrogen-bond donors (Lipinski definition) is 0. The molecule has 1 fully saturated rings. The zero-order valence-electron chi connectivity index (χ0n) is 16.8. The maximum Gasteiger partial charge on any atom is 0.337 e. The number of benzene rings is 2. The van der Waals surface area contributed by atoms with Crippen molar-refractivity contribution in [1.82, 2.24) is 4.90 Å². The number of halogens is 1. The molecule has 0 atom stereocenters. The normalized spacial score (nSPS) is 16.3. The Morgan fingerprint density at radius 3 is 2.43 bits per heavy atom. The summed E-state index contributed by atoms with van der Waals surface area (Å²) in [6.45, 7) is 0. The highest BCUT2D eigenvalue weighted by atomic mass is 79.9. The minimum atomic E-state index is -0.414. The molecule has 1 saturated heterocycles. The van der Waals surface area contributed by atoms with E-state index in [1.54, 1.807) is 57.7 Å². The summed E-state index contributed by atoms with van der Waals surface area (Å²) in [4.78, 5) is 30.8. The number of amidine groups is 1. The van der Waals surface area contributed by atoms with E-state index in [0.29, 0.717) is 32.8 Å². The molecule has 156 valence electrons. The predicted octanol–water partition coefficient (Wildman–Crippen LogP) is 4.49. The lowest BCUT2D eigenvalue weighted by molar-refractivity contribution is -0.121. The maximum absolute atomic E-state index is 12.7. The number of amides is 1. The number of methoxy groups -OCH3 is 3. The Hall–Kier alpha value is -2.78. The van der Waals surface area contributed by atoms with Crippen molar-refractivity contribution < 1.29 is 23.8 Å². The van der Waals surface area contributed by atoms with Crippen LogP contribution in [0, 0.1) is 0 Å². The Morgan fingerprint density at radius 2 is 1.83 bits per heavy atom. The van der Waals surface area contributed by atoms with E-state index in [9.17, 15) is 9.59 Å². The second kappa shape index (κ2) is 9.36. The van der Waals surface area contributed by atoms with Crippen molar-refractivity contribution in [3.63, 3.8) is 0 Å². The summed E-state index contributed by atoms with van der Waals surface area (Å²) >= 11 is 4.73. The fraction of sp³-hybridized carbons (Fsp3) is 0.190. The number of rotatable bonds is 5. The molecule has 1 aliphatic rings. The summed E-state index contributed by atoms with van der Waals surface area (Å²) in [6, 6.07) is 10.3. The van der Waals surface area contributed by atoms with Gasteiger partial charge >= 0.3 is 5.97 Å². The number of aliphatic imine (C=N–C) groups is 1. The van der Waals surface area contributed by atoms with Crippen molar-refractivity contribution >= 4 is 56.5 Å². The molecule has 3 rings (SSSR count). The highest BCUT2D eigenvalue weighted by molar-refractivity contribution is 9.10. The van der Waals surface area contributed by atoms with Gasteiger partial charge in [-0.3, -0.25) is 9.69 Å². The van der Waals surface area contributed by atoms with Crippen molar-refractivity contribution in [2.45, 2.75) is 0 Å². The third kappa shape index (κ3) is 4.52. The van der Waals surface area contributed by atoms with Crippen LogP contribution in [0.15, 0.2) is 50.8 Å². The second-order valence-electron chi connectivity index (χ2n) is 6.15. The lowest BCUT2D eigenvalue weighted by Crippen LogP contribution is -2.23. The summed E-state index contributed by atoms with van der Waals surface area (Å²) in [7, 11) is 6.12. The molecule has 0 saturated carbocycles. The molecular formula is C21H19BrN2O5S. The van der Waals surface area contributed by atoms with Crippen LogP contribution in [0.25, 0.3) is 6.08 Å². The van der Waals surface area contributed by atoms with Crippen LogP contribution in [0.3, 0.4) is 0 Å². The standard InChI is InChI=1S/C21H19BrN2O5S/c1-24-19(25)17(11-12-9-15(22)18(28-3)16(10-12)27-2)30-21(24)23-14-7-5-13(6-8-14)20(26)29-4/h5-11H,1-4H3. The molecule has 1 amide bonds. The second-order valence-corrected chi connectivity index (χ2v) is 8.01. The summed E-state index contributed by atoms with van der Waals surface area (Å²) in [5.74, 6) is 0.570. The lowest BCUT2D eigenvalue weighted by Gasteiger charge is -2.10. The molecule has 2 aromatic rings. The van der Waals surface area contributed by atoms with Gasteiger partial charge in [-0.2, -0.15) is 0 Å². The van der Waals surface area contributed by atoms with E-state index < -0.39 is 5.97 Å². The SMILES string of the molecule is COC(=O)c1ccc(N=C2SC(=Cc3cc(Br)c(OC)c(OC)c3)C(=O)N2C)cc1. The molecule has 7 nitrogen and oxygen atoms in total. The summed E-state index contributed by atoms with van der Waals surface area (Å²) < 4.78 is 16.1. The van der Waals surface area contributed by atoms with E-state index >= 15 is 0 Å². The third-order valence-corrected chi connectivity index (χ3v) is 5.92. The van der Waals surface area contributed by atoms with Crippen molar-refractivity contribution in [3.8, 4) is 11.5 Å². The van der Waals surface area contributed by atoms with Gasteiger partial charge < -0.3 is 14.2 Å². The van der Waals surface area contributed by atoms with Gasteiger partial charge in [-0.1, -0.05) is 0 Å². The molecule has 2 aromatic carbocycles. The van der Waals surface area contributed by atoms with Gasteiger partial charge in [0.1, 0.15) is 0 Å². The topological polar surface area (TPSA) is 77.4 Å². The van der Waals surface area contributed by atoms with Gasteiger partial charge in [0.15, 0.2) is 16.7 Å². The van der Waals surface area contributed by atoms with Gasteiger partial charge in [0.25, 0.3) is 5.91 Å². The molecule has 0 aliphatic carbocycles. The molecule has 0 radical (unpaired) electrons. The van der Waals surface area contributed by atoms with Gasteiger partial charge in [-0.05, 0) is 75.7 Å². The zero-order valence-corrected chi connectivity index (χ0v) is 19.2. The Bertz CT molecular complexity index is 1050. The average molecular weight is 491 g/mol. The fourth-order valence-electron chi connectivity index (χ4n) is 2.72. The zero-order chi connectivity index (χ0) is 21.8. The molecular weight excluding hydrogens is 472 g/mol. The van der Waals surface area contributed by atoms with Crippen LogP contribution in [0.4, 0.5) is 5.69 Å². The van der Waals surface area contributed by atoms with E-state index in [-0.39, 0.29) is 5.91 Å². The highest BCUT2D eigenvalue weighted by Gasteiger charge is 2.30. The number of thioether (sulfide) groups is 1. The van der Waals surface area contributed by atoms with Gasteiger partial charge in [0.2, 0.25) is 0 Å². The molecule has 1 aliphatic heterocycles. The van der Waals surface area contributed by atoms with Crippen molar-refractivity contribution in [3.05, 3.63) is 56.9 Å². The highest BCUT2D eigenvalue weighted by Crippen LogP contribution is 2.39. The quantitative estimate of drug-likeness (QED) is 0.453. The number of likely N-dealkylation sites (N-methyl/N-ethyl adjacent to an activating group) is 1. The summed E-state index contributed by atoms with van der Waals surface area (Å²) in [5.41, 5.74) is 1.84. The molecule has 0 spiro atoms. The van der Waals surface area contributed by atoms with Gasteiger partial charge in [0.05, 0.1) is 42.0 Å². The van der Waals surface area contributed by atoms with Crippen LogP contribution >= 0.6 is 27.7 Å². The van der Waals surface area contributed by atoms with Gasteiger partial charge in [-0.25, -0.2) is 9.79 Å². The van der Waals surface area contributed by atoms with E-state index in [1.807, 2.05) is 6.07 Å². The Morgan fingerprint density at radius 1 is 1.13 bits per heavy atom. The summed E-state index contributed by atoms with van der Waals surface area (Å²) in [6.07, 6.45) is 1.78. The van der Waals surface area contributed by atoms with E-state index in [0.717, 1.165) is 10.0 Å². The number of carbonyl (C=O) groups excluding carboxylic acids is 2. The van der Waals surface area contributed by atoms with Crippen LogP contribution in [-0.4, -0.2) is 50.3 Å². The number of carbonyl (C=O) groups is 2. The van der Waals surface area contributed by atoms with Crippen LogP contribution in [0.2, 0.25) is 0 Å². The maximum atomic E-state index is 12.7. The monoisotopic (exact) mass is 490 g/mol. The number of nitrogens with zero attached hydrogens (tertiary/aromatic N) is 2. The first-order chi connectivity index (χ1) is 14.4. The first kappa shape index (κ1) is 21.9. The van der Waals surface area contributed by atoms with Crippen LogP contribution in [0.1, 0.15) is 15.9 Å². The van der Waals surface area contributed by atoms with Gasteiger partial charge in [-0.15, -0.1) is 0 Å². The van der Waals surface area contributed by atoms with E-state index in [2.05, 4.69) is 20.9 Å². The Labute approximate surface area is 186 Å². The van der Waals surface area contributed by atoms with E-state index in [1.165, 1.54) is 23.8 Å². The largest absolute Gasteiger partial charge is 0.493 e. The molecule has 0 bridgehead atoms. The molecule has 0 aromatic heterocycles. The van der Waals surface area contributed by atoms with Gasteiger partial charge in [0, 0.05) is 7.05 Å². The number of ether oxygens (including phenoxy) is 3.